The van der Waals surface area contributed by atoms with E-state index in [-0.39, 0.29) is 11.8 Å². The van der Waals surface area contributed by atoms with Crippen LogP contribution in [0.15, 0.2) is 24.3 Å². The summed E-state index contributed by atoms with van der Waals surface area (Å²) in [6.45, 7) is -1.72. The average molecular weight is 245 g/mol. The minimum absolute atomic E-state index is 0.0597. The molecule has 0 radical (unpaired) electrons. The van der Waals surface area contributed by atoms with E-state index in [0.717, 1.165) is 5.56 Å². The number of aliphatic hydroxyl groups excluding tert-OH is 1. The van der Waals surface area contributed by atoms with E-state index in [2.05, 4.69) is 10.1 Å². The van der Waals surface area contributed by atoms with Crippen molar-refractivity contribution in [3.8, 4) is 5.75 Å². The molecule has 0 aromatic heterocycles. The number of alkyl halides is 2. The van der Waals surface area contributed by atoms with E-state index in [1.807, 2.05) is 0 Å². The Labute approximate surface area is 97.2 Å². The second-order valence-corrected chi connectivity index (χ2v) is 3.39. The van der Waals surface area contributed by atoms with Crippen molar-refractivity contribution in [2.75, 3.05) is 6.61 Å². The van der Waals surface area contributed by atoms with Gasteiger partial charge in [-0.05, 0) is 24.6 Å². The smallest absolute Gasteiger partial charge is 0.387 e. The summed E-state index contributed by atoms with van der Waals surface area (Å²) in [4.78, 5) is 10.9. The van der Waals surface area contributed by atoms with Crippen LogP contribution in [0.3, 0.4) is 0 Å². The number of carbonyl (C=O) groups is 1. The van der Waals surface area contributed by atoms with Crippen molar-refractivity contribution in [3.63, 3.8) is 0 Å². The van der Waals surface area contributed by atoms with Crippen LogP contribution in [0, 0.1) is 0 Å². The van der Waals surface area contributed by atoms with Gasteiger partial charge < -0.3 is 15.2 Å². The minimum atomic E-state index is -2.85. The van der Waals surface area contributed by atoms with Crippen molar-refractivity contribution in [2.24, 2.45) is 0 Å². The zero-order valence-electron chi connectivity index (χ0n) is 9.19. The van der Waals surface area contributed by atoms with Crippen molar-refractivity contribution in [3.05, 3.63) is 29.8 Å². The van der Waals surface area contributed by atoms with Crippen molar-refractivity contribution in [1.82, 2.24) is 5.32 Å². The van der Waals surface area contributed by atoms with Crippen LogP contribution in [0.1, 0.15) is 18.5 Å². The maximum atomic E-state index is 11.9. The molecular weight excluding hydrogens is 232 g/mol. The molecule has 1 atom stereocenters. The quantitative estimate of drug-likeness (QED) is 0.825. The molecule has 0 fully saturated rings. The van der Waals surface area contributed by atoms with E-state index in [1.165, 1.54) is 12.1 Å². The van der Waals surface area contributed by atoms with E-state index in [1.54, 1.807) is 19.1 Å². The monoisotopic (exact) mass is 245 g/mol. The van der Waals surface area contributed by atoms with Gasteiger partial charge in [-0.3, -0.25) is 4.79 Å². The zero-order valence-corrected chi connectivity index (χ0v) is 9.19. The third kappa shape index (κ3) is 4.36. The summed E-state index contributed by atoms with van der Waals surface area (Å²) in [7, 11) is 0. The Morgan fingerprint density at radius 3 is 2.47 bits per heavy atom. The van der Waals surface area contributed by atoms with Crippen molar-refractivity contribution < 1.29 is 23.4 Å². The highest BCUT2D eigenvalue weighted by Crippen LogP contribution is 2.18. The lowest BCUT2D eigenvalue weighted by Gasteiger charge is -2.14. The number of hydrogen-bond acceptors (Lipinski definition) is 3. The topological polar surface area (TPSA) is 58.6 Å². The number of aliphatic hydroxyl groups is 1. The first-order valence-corrected chi connectivity index (χ1v) is 4.98. The van der Waals surface area contributed by atoms with Crippen molar-refractivity contribution in [2.45, 2.75) is 19.6 Å². The van der Waals surface area contributed by atoms with Crippen LogP contribution in [0.4, 0.5) is 8.78 Å². The Balaban J connectivity index is 2.63. The first kappa shape index (κ1) is 13.4. The number of ether oxygens (including phenoxy) is 1. The minimum Gasteiger partial charge on any atom is -0.435 e. The summed E-state index contributed by atoms with van der Waals surface area (Å²) in [5.74, 6) is -0.435. The lowest BCUT2D eigenvalue weighted by atomic mass is 10.1. The fourth-order valence-electron chi connectivity index (χ4n) is 1.31. The number of benzene rings is 1. The predicted molar refractivity (Wildman–Crippen MR) is 56.7 cm³/mol. The van der Waals surface area contributed by atoms with Crippen LogP contribution in [0.5, 0.6) is 5.75 Å². The molecule has 0 spiro atoms. The van der Waals surface area contributed by atoms with Crippen LogP contribution < -0.4 is 10.1 Å². The van der Waals surface area contributed by atoms with Crippen LogP contribution in [-0.4, -0.2) is 24.2 Å². The standard InChI is InChI=1S/C11H13F2NO3/c1-7(14-10(16)6-15)8-2-4-9(5-3-8)17-11(12)13/h2-5,7,11,15H,6H2,1H3,(H,14,16). The van der Waals surface area contributed by atoms with Crippen LogP contribution in [-0.2, 0) is 4.79 Å². The van der Waals surface area contributed by atoms with E-state index in [9.17, 15) is 13.6 Å². The van der Waals surface area contributed by atoms with E-state index >= 15 is 0 Å². The molecule has 0 aliphatic heterocycles. The van der Waals surface area contributed by atoms with Crippen molar-refractivity contribution >= 4 is 5.91 Å². The summed E-state index contributed by atoms with van der Waals surface area (Å²) in [6.07, 6.45) is 0. The zero-order chi connectivity index (χ0) is 12.8. The number of hydrogen-bond donors (Lipinski definition) is 2. The number of halogens is 2. The van der Waals surface area contributed by atoms with Gasteiger partial charge in [-0.1, -0.05) is 12.1 Å². The van der Waals surface area contributed by atoms with Crippen LogP contribution >= 0.6 is 0 Å². The highest BCUT2D eigenvalue weighted by molar-refractivity contribution is 5.77. The largest absolute Gasteiger partial charge is 0.435 e. The van der Waals surface area contributed by atoms with Gasteiger partial charge in [-0.25, -0.2) is 0 Å². The third-order valence-corrected chi connectivity index (χ3v) is 2.13. The fraction of sp³-hybridized carbons (Fsp3) is 0.364. The molecule has 0 aliphatic rings. The van der Waals surface area contributed by atoms with Gasteiger partial charge >= 0.3 is 6.61 Å². The predicted octanol–water partition coefficient (Wildman–Crippen LogP) is 1.46. The molecule has 0 bridgehead atoms. The molecule has 0 heterocycles. The number of rotatable bonds is 5. The molecular formula is C11H13F2NO3. The molecule has 1 amide bonds. The normalized spacial score (nSPS) is 12.3. The molecule has 0 saturated carbocycles. The number of carbonyl (C=O) groups excluding carboxylic acids is 1. The summed E-state index contributed by atoms with van der Waals surface area (Å²) in [5, 5.41) is 11.1. The van der Waals surface area contributed by atoms with Gasteiger partial charge in [-0.15, -0.1) is 0 Å². The molecule has 1 unspecified atom stereocenters. The van der Waals surface area contributed by atoms with Gasteiger partial charge in [-0.2, -0.15) is 8.78 Å². The summed E-state index contributed by atoms with van der Waals surface area (Å²) >= 11 is 0. The number of amides is 1. The van der Waals surface area contributed by atoms with Crippen molar-refractivity contribution in [1.29, 1.82) is 0 Å². The second kappa shape index (κ2) is 6.15. The van der Waals surface area contributed by atoms with E-state index in [0.29, 0.717) is 0 Å². The molecule has 0 saturated heterocycles. The van der Waals surface area contributed by atoms with Gasteiger partial charge in [0.25, 0.3) is 0 Å². The number of nitrogens with one attached hydrogen (secondary N) is 1. The second-order valence-electron chi connectivity index (χ2n) is 3.39. The first-order chi connectivity index (χ1) is 8.02. The lowest BCUT2D eigenvalue weighted by molar-refractivity contribution is -0.124. The molecule has 2 N–H and O–H groups in total. The van der Waals surface area contributed by atoms with Gasteiger partial charge in [0.2, 0.25) is 5.91 Å². The average Bonchev–Trinajstić information content (AvgIpc) is 2.28. The van der Waals surface area contributed by atoms with Gasteiger partial charge in [0.15, 0.2) is 0 Å². The van der Waals surface area contributed by atoms with E-state index in [4.69, 9.17) is 5.11 Å². The summed E-state index contributed by atoms with van der Waals surface area (Å²) < 4.78 is 28.0. The molecule has 4 nitrogen and oxygen atoms in total. The highest BCUT2D eigenvalue weighted by atomic mass is 19.3. The molecule has 0 aliphatic carbocycles. The molecule has 6 heteroatoms. The van der Waals surface area contributed by atoms with Gasteiger partial charge in [0.1, 0.15) is 12.4 Å². The Morgan fingerprint density at radius 1 is 1.41 bits per heavy atom. The Kier molecular flexibility index (Phi) is 4.84. The van der Waals surface area contributed by atoms with Crippen LogP contribution in [0.25, 0.3) is 0 Å². The first-order valence-electron chi connectivity index (χ1n) is 4.98. The SMILES string of the molecule is CC(NC(=O)CO)c1ccc(OC(F)F)cc1. The Morgan fingerprint density at radius 2 is 2.00 bits per heavy atom. The Bertz CT molecular complexity index is 367. The molecule has 1 aromatic carbocycles. The van der Waals surface area contributed by atoms with Crippen LogP contribution in [0.2, 0.25) is 0 Å². The summed E-state index contributed by atoms with van der Waals surface area (Å²) in [6, 6.07) is 5.61. The third-order valence-electron chi connectivity index (χ3n) is 2.13. The lowest BCUT2D eigenvalue weighted by Crippen LogP contribution is -2.28. The molecule has 17 heavy (non-hydrogen) atoms. The highest BCUT2D eigenvalue weighted by Gasteiger charge is 2.09. The summed E-state index contributed by atoms with van der Waals surface area (Å²) in [5.41, 5.74) is 0.730. The Hall–Kier alpha value is -1.69. The molecule has 1 rings (SSSR count). The van der Waals surface area contributed by atoms with Gasteiger partial charge in [0, 0.05) is 0 Å². The molecule has 1 aromatic rings. The van der Waals surface area contributed by atoms with E-state index < -0.39 is 19.1 Å². The fourth-order valence-corrected chi connectivity index (χ4v) is 1.31. The van der Waals surface area contributed by atoms with Gasteiger partial charge in [0.05, 0.1) is 6.04 Å². The molecule has 94 valence electrons. The maximum Gasteiger partial charge on any atom is 0.387 e. The maximum absolute atomic E-state index is 11.9.